The van der Waals surface area contributed by atoms with Crippen molar-refractivity contribution in [2.24, 2.45) is 5.92 Å². The molecule has 0 heterocycles. The van der Waals surface area contributed by atoms with Crippen LogP contribution in [0.5, 0.6) is 0 Å². The third-order valence-corrected chi connectivity index (χ3v) is 2.32. The van der Waals surface area contributed by atoms with Crippen molar-refractivity contribution in [2.75, 3.05) is 0 Å². The average molecular weight is 184 g/mol. The molecule has 0 saturated carbocycles. The second kappa shape index (κ2) is 4.59. The number of rotatable bonds is 3. The number of hydrogen-bond donors (Lipinski definition) is 0. The summed E-state index contributed by atoms with van der Waals surface area (Å²) in [5, 5.41) is 0. The van der Waals surface area contributed by atoms with Crippen molar-refractivity contribution in [3.63, 3.8) is 0 Å². The normalized spacial score (nSPS) is 15.4. The lowest BCUT2D eigenvalue weighted by Crippen LogP contribution is -2.13. The van der Waals surface area contributed by atoms with Crippen LogP contribution in [0, 0.1) is 5.92 Å². The van der Waals surface area contributed by atoms with Gasteiger partial charge in [-0.1, -0.05) is 26.0 Å². The van der Waals surface area contributed by atoms with E-state index in [0.717, 1.165) is 5.57 Å². The molecule has 13 heavy (non-hydrogen) atoms. The van der Waals surface area contributed by atoms with Crippen LogP contribution in [0.2, 0.25) is 0 Å². The van der Waals surface area contributed by atoms with E-state index in [0.29, 0.717) is 5.92 Å². The lowest BCUT2D eigenvalue weighted by atomic mass is 9.95. The van der Waals surface area contributed by atoms with Crippen LogP contribution >= 0.6 is 0 Å². The van der Waals surface area contributed by atoms with Gasteiger partial charge in [0.1, 0.15) is 5.67 Å². The Kier molecular flexibility index (Phi) is 4.38. The molecule has 0 aliphatic carbocycles. The molecule has 0 aromatic heterocycles. The highest BCUT2D eigenvalue weighted by Crippen LogP contribution is 2.23. The second-order valence-electron chi connectivity index (χ2n) is 4.24. The van der Waals surface area contributed by atoms with Crippen molar-refractivity contribution in [2.45, 2.75) is 47.2 Å². The molecule has 0 aromatic carbocycles. The molecular weight excluding hydrogens is 163 g/mol. The minimum Gasteiger partial charge on any atom is -0.240 e. The van der Waals surface area contributed by atoms with E-state index < -0.39 is 5.67 Å². The second-order valence-corrected chi connectivity index (χ2v) is 4.24. The standard InChI is InChI=1S/C12H21F/c1-7-11(9(2)3)8-10(4)12(5,6)13/h7-9H,1-6H3/b10-8+,11-7+. The molecule has 0 unspecified atom stereocenters. The van der Waals surface area contributed by atoms with Crippen molar-refractivity contribution in [1.29, 1.82) is 0 Å². The van der Waals surface area contributed by atoms with Crippen molar-refractivity contribution in [3.8, 4) is 0 Å². The zero-order chi connectivity index (χ0) is 10.6. The van der Waals surface area contributed by atoms with Gasteiger partial charge in [0.25, 0.3) is 0 Å². The minimum atomic E-state index is -1.21. The predicted octanol–water partition coefficient (Wildman–Crippen LogP) is 4.28. The monoisotopic (exact) mass is 184 g/mol. The molecule has 0 bridgehead atoms. The Balaban J connectivity index is 4.74. The number of halogens is 1. The van der Waals surface area contributed by atoms with Crippen LogP contribution in [0.3, 0.4) is 0 Å². The smallest absolute Gasteiger partial charge is 0.126 e. The molecule has 0 aliphatic rings. The molecular formula is C12H21F. The van der Waals surface area contributed by atoms with Gasteiger partial charge in [-0.3, -0.25) is 0 Å². The molecule has 0 aromatic rings. The maximum Gasteiger partial charge on any atom is 0.126 e. The molecule has 0 nitrogen and oxygen atoms in total. The van der Waals surface area contributed by atoms with Crippen LogP contribution in [0.4, 0.5) is 4.39 Å². The third-order valence-electron chi connectivity index (χ3n) is 2.32. The summed E-state index contributed by atoms with van der Waals surface area (Å²) >= 11 is 0. The molecule has 76 valence electrons. The summed E-state index contributed by atoms with van der Waals surface area (Å²) in [4.78, 5) is 0. The van der Waals surface area contributed by atoms with Crippen molar-refractivity contribution >= 4 is 0 Å². The van der Waals surface area contributed by atoms with Crippen molar-refractivity contribution in [1.82, 2.24) is 0 Å². The van der Waals surface area contributed by atoms with E-state index in [9.17, 15) is 4.39 Å². The Morgan fingerprint density at radius 2 is 1.77 bits per heavy atom. The predicted molar refractivity (Wildman–Crippen MR) is 57.5 cm³/mol. The fraction of sp³-hybridized carbons (Fsp3) is 0.667. The zero-order valence-corrected chi connectivity index (χ0v) is 9.61. The Labute approximate surface area is 81.5 Å². The van der Waals surface area contributed by atoms with Gasteiger partial charge in [0, 0.05) is 0 Å². The maximum atomic E-state index is 13.4. The van der Waals surface area contributed by atoms with Gasteiger partial charge >= 0.3 is 0 Å². The van der Waals surface area contributed by atoms with Gasteiger partial charge in [0.05, 0.1) is 0 Å². The summed E-state index contributed by atoms with van der Waals surface area (Å²) in [6.45, 7) is 11.2. The van der Waals surface area contributed by atoms with E-state index in [1.807, 2.05) is 26.0 Å². The lowest BCUT2D eigenvalue weighted by molar-refractivity contribution is 0.268. The first-order valence-corrected chi connectivity index (χ1v) is 4.83. The fourth-order valence-corrected chi connectivity index (χ4v) is 1.00. The van der Waals surface area contributed by atoms with Crippen molar-refractivity contribution < 1.29 is 4.39 Å². The fourth-order valence-electron chi connectivity index (χ4n) is 1.00. The molecule has 0 rings (SSSR count). The van der Waals surface area contributed by atoms with E-state index in [4.69, 9.17) is 0 Å². The van der Waals surface area contributed by atoms with E-state index >= 15 is 0 Å². The molecule has 0 radical (unpaired) electrons. The Morgan fingerprint density at radius 3 is 2.00 bits per heavy atom. The van der Waals surface area contributed by atoms with Gasteiger partial charge in [-0.05, 0) is 44.8 Å². The summed E-state index contributed by atoms with van der Waals surface area (Å²) in [7, 11) is 0. The van der Waals surface area contributed by atoms with Gasteiger partial charge in [-0.25, -0.2) is 4.39 Å². The molecule has 1 heteroatoms. The molecule has 0 spiro atoms. The largest absolute Gasteiger partial charge is 0.240 e. The van der Waals surface area contributed by atoms with Crippen LogP contribution in [0.1, 0.15) is 41.5 Å². The van der Waals surface area contributed by atoms with Crippen LogP contribution in [0.25, 0.3) is 0 Å². The maximum absolute atomic E-state index is 13.4. The van der Waals surface area contributed by atoms with Gasteiger partial charge in [-0.15, -0.1) is 0 Å². The highest BCUT2D eigenvalue weighted by molar-refractivity contribution is 5.27. The summed E-state index contributed by atoms with van der Waals surface area (Å²) in [6, 6.07) is 0. The third kappa shape index (κ3) is 4.25. The summed E-state index contributed by atoms with van der Waals surface area (Å²) in [6.07, 6.45) is 3.99. The highest BCUT2D eigenvalue weighted by Gasteiger charge is 2.18. The van der Waals surface area contributed by atoms with Gasteiger partial charge < -0.3 is 0 Å². The molecule has 0 saturated heterocycles. The van der Waals surface area contributed by atoms with Gasteiger partial charge in [0.15, 0.2) is 0 Å². The number of hydrogen-bond acceptors (Lipinski definition) is 0. The SMILES string of the molecule is C/C=C(\C=C(/C)C(C)(C)F)C(C)C. The summed E-state index contributed by atoms with van der Waals surface area (Å²) in [5.41, 5.74) is 0.779. The van der Waals surface area contributed by atoms with Gasteiger partial charge in [0.2, 0.25) is 0 Å². The quantitative estimate of drug-likeness (QED) is 0.574. The van der Waals surface area contributed by atoms with Crippen LogP contribution in [-0.4, -0.2) is 5.67 Å². The van der Waals surface area contributed by atoms with E-state index in [-0.39, 0.29) is 0 Å². The van der Waals surface area contributed by atoms with Crippen LogP contribution in [0.15, 0.2) is 23.3 Å². The Hall–Kier alpha value is -0.590. The summed E-state index contributed by atoms with van der Waals surface area (Å²) < 4.78 is 13.4. The van der Waals surface area contributed by atoms with Crippen LogP contribution < -0.4 is 0 Å². The molecule has 0 N–H and O–H groups in total. The summed E-state index contributed by atoms with van der Waals surface area (Å²) in [5.74, 6) is 0.460. The first kappa shape index (κ1) is 12.4. The van der Waals surface area contributed by atoms with E-state index in [1.165, 1.54) is 5.57 Å². The number of allylic oxidation sites excluding steroid dienone is 4. The lowest BCUT2D eigenvalue weighted by Gasteiger charge is -2.16. The van der Waals surface area contributed by atoms with Gasteiger partial charge in [-0.2, -0.15) is 0 Å². The first-order chi connectivity index (χ1) is 5.79. The molecule has 0 aliphatic heterocycles. The molecule has 0 fully saturated rings. The average Bonchev–Trinajstić information content (AvgIpc) is 1.96. The Morgan fingerprint density at radius 1 is 1.31 bits per heavy atom. The van der Waals surface area contributed by atoms with E-state index in [2.05, 4.69) is 13.8 Å². The molecule has 0 atom stereocenters. The topological polar surface area (TPSA) is 0 Å². The number of alkyl halides is 1. The van der Waals surface area contributed by atoms with Crippen LogP contribution in [-0.2, 0) is 0 Å². The van der Waals surface area contributed by atoms with Crippen molar-refractivity contribution in [3.05, 3.63) is 23.3 Å². The van der Waals surface area contributed by atoms with E-state index in [1.54, 1.807) is 13.8 Å². The Bertz CT molecular complexity index is 214. The molecule has 0 amide bonds. The minimum absolute atomic E-state index is 0.460. The zero-order valence-electron chi connectivity index (χ0n) is 9.61. The first-order valence-electron chi connectivity index (χ1n) is 4.83. The highest BCUT2D eigenvalue weighted by atomic mass is 19.1.